The predicted molar refractivity (Wildman–Crippen MR) is 97.3 cm³/mol. The number of nitrogens with zero attached hydrogens (tertiary/aromatic N) is 2. The van der Waals surface area contributed by atoms with E-state index in [-0.39, 0.29) is 5.96 Å². The van der Waals surface area contributed by atoms with Crippen molar-refractivity contribution in [1.29, 1.82) is 0 Å². The number of halogens is 2. The van der Waals surface area contributed by atoms with Gasteiger partial charge in [-0.1, -0.05) is 29.3 Å². The Hall–Kier alpha value is -2.63. The van der Waals surface area contributed by atoms with Crippen molar-refractivity contribution in [3.8, 4) is 11.1 Å². The van der Waals surface area contributed by atoms with Gasteiger partial charge in [-0.15, -0.1) is 0 Å². The van der Waals surface area contributed by atoms with Crippen molar-refractivity contribution >= 4 is 46.0 Å². The summed E-state index contributed by atoms with van der Waals surface area (Å²) < 4.78 is 0. The number of aliphatic imine (C=N–C) groups is 1. The number of hydrogen-bond donors (Lipinski definition) is 2. The molecule has 0 saturated heterocycles. The molecule has 24 heavy (non-hydrogen) atoms. The molecule has 0 fully saturated rings. The number of rotatable bonds is 2. The molecule has 1 heterocycles. The highest BCUT2D eigenvalue weighted by atomic mass is 35.5. The first-order valence-corrected chi connectivity index (χ1v) is 7.69. The fourth-order valence-corrected chi connectivity index (χ4v) is 2.91. The molecule has 1 aromatic heterocycles. The maximum Gasteiger partial charge on any atom is 0.280 e. The number of fused-ring (bicyclic) bond motifs is 1. The number of guanidine groups is 1. The Morgan fingerprint density at radius 3 is 2.50 bits per heavy atom. The van der Waals surface area contributed by atoms with Gasteiger partial charge < -0.3 is 11.5 Å². The third kappa shape index (κ3) is 3.18. The maximum atomic E-state index is 12.0. The minimum atomic E-state index is -0.520. The van der Waals surface area contributed by atoms with Gasteiger partial charge in [-0.2, -0.15) is 4.99 Å². The fourth-order valence-electron chi connectivity index (χ4n) is 2.40. The van der Waals surface area contributed by atoms with Crippen molar-refractivity contribution in [2.45, 2.75) is 0 Å². The number of aromatic nitrogens is 1. The van der Waals surface area contributed by atoms with Gasteiger partial charge in [-0.3, -0.25) is 9.78 Å². The van der Waals surface area contributed by atoms with Crippen LogP contribution < -0.4 is 11.5 Å². The second-order valence-corrected chi connectivity index (χ2v) is 5.90. The molecule has 7 heteroatoms. The largest absolute Gasteiger partial charge is 0.370 e. The molecule has 2 aromatic carbocycles. The van der Waals surface area contributed by atoms with E-state index in [0.29, 0.717) is 15.6 Å². The zero-order valence-corrected chi connectivity index (χ0v) is 13.8. The number of carbonyl (C=O) groups is 1. The summed E-state index contributed by atoms with van der Waals surface area (Å²) >= 11 is 12.3. The summed E-state index contributed by atoms with van der Waals surface area (Å²) in [5.41, 5.74) is 13.2. The van der Waals surface area contributed by atoms with Gasteiger partial charge in [-0.25, -0.2) is 0 Å². The Labute approximate surface area is 147 Å². The van der Waals surface area contributed by atoms with Crippen LogP contribution in [0.15, 0.2) is 53.7 Å². The predicted octanol–water partition coefficient (Wildman–Crippen LogP) is 3.62. The second kappa shape index (κ2) is 6.47. The molecule has 1 amide bonds. The minimum Gasteiger partial charge on any atom is -0.370 e. The summed E-state index contributed by atoms with van der Waals surface area (Å²) in [5, 5.41) is 1.82. The van der Waals surface area contributed by atoms with E-state index in [0.717, 1.165) is 22.0 Å². The van der Waals surface area contributed by atoms with E-state index >= 15 is 0 Å². The third-order valence-electron chi connectivity index (χ3n) is 3.44. The third-order valence-corrected chi connectivity index (χ3v) is 3.99. The van der Waals surface area contributed by atoms with Crippen molar-refractivity contribution in [1.82, 2.24) is 4.98 Å². The van der Waals surface area contributed by atoms with Crippen molar-refractivity contribution in [3.05, 3.63) is 64.3 Å². The lowest BCUT2D eigenvalue weighted by Gasteiger charge is -2.09. The monoisotopic (exact) mass is 358 g/mol. The van der Waals surface area contributed by atoms with E-state index < -0.39 is 5.91 Å². The standard InChI is InChI=1S/C17H12Cl2N4O/c18-10-2-3-12(14(19)8-10)11-5-6-22-15-4-1-9(7-13(11)15)16(24)23-17(20)21/h1-8H,(H4,20,21,23,24). The highest BCUT2D eigenvalue weighted by Gasteiger charge is 2.12. The molecule has 0 aliphatic heterocycles. The average Bonchev–Trinajstić information content (AvgIpc) is 2.53. The molecule has 0 atom stereocenters. The fraction of sp³-hybridized carbons (Fsp3) is 0. The maximum absolute atomic E-state index is 12.0. The lowest BCUT2D eigenvalue weighted by atomic mass is 9.99. The molecular weight excluding hydrogens is 347 g/mol. The Balaban J connectivity index is 2.22. The molecule has 3 rings (SSSR count). The number of hydrogen-bond acceptors (Lipinski definition) is 2. The Kier molecular flexibility index (Phi) is 4.38. The summed E-state index contributed by atoms with van der Waals surface area (Å²) in [6, 6.07) is 12.1. The minimum absolute atomic E-state index is 0.285. The van der Waals surface area contributed by atoms with Gasteiger partial charge >= 0.3 is 0 Å². The Bertz CT molecular complexity index is 981. The zero-order chi connectivity index (χ0) is 17.3. The molecule has 0 saturated carbocycles. The van der Waals surface area contributed by atoms with Crippen LogP contribution in [0.25, 0.3) is 22.0 Å². The summed E-state index contributed by atoms with van der Waals surface area (Å²) in [6.45, 7) is 0. The highest BCUT2D eigenvalue weighted by Crippen LogP contribution is 2.34. The molecule has 120 valence electrons. The summed E-state index contributed by atoms with van der Waals surface area (Å²) in [4.78, 5) is 19.9. The van der Waals surface area contributed by atoms with Gasteiger partial charge in [0.25, 0.3) is 5.91 Å². The quantitative estimate of drug-likeness (QED) is 0.540. The van der Waals surface area contributed by atoms with Gasteiger partial charge in [0.05, 0.1) is 5.52 Å². The first-order chi connectivity index (χ1) is 11.5. The van der Waals surface area contributed by atoms with E-state index in [9.17, 15) is 4.79 Å². The average molecular weight is 359 g/mol. The van der Waals surface area contributed by atoms with Gasteiger partial charge in [0.2, 0.25) is 0 Å². The van der Waals surface area contributed by atoms with E-state index in [2.05, 4.69) is 9.98 Å². The van der Waals surface area contributed by atoms with Crippen LogP contribution in [0, 0.1) is 0 Å². The van der Waals surface area contributed by atoms with Crippen molar-refractivity contribution in [3.63, 3.8) is 0 Å². The van der Waals surface area contributed by atoms with E-state index in [1.54, 1.807) is 36.5 Å². The number of carbonyl (C=O) groups excluding carboxylic acids is 1. The van der Waals surface area contributed by atoms with Gasteiger partial charge in [0.15, 0.2) is 5.96 Å². The van der Waals surface area contributed by atoms with Crippen LogP contribution in [0.1, 0.15) is 10.4 Å². The molecule has 0 radical (unpaired) electrons. The van der Waals surface area contributed by atoms with Crippen LogP contribution in [-0.4, -0.2) is 16.9 Å². The molecule has 0 bridgehead atoms. The first kappa shape index (κ1) is 16.2. The SMILES string of the molecule is NC(N)=NC(=O)c1ccc2nccc(-c3ccc(Cl)cc3Cl)c2c1. The first-order valence-electron chi connectivity index (χ1n) is 6.94. The van der Waals surface area contributed by atoms with Gasteiger partial charge in [-0.05, 0) is 42.0 Å². The summed E-state index contributed by atoms with van der Waals surface area (Å²) in [7, 11) is 0. The summed E-state index contributed by atoms with van der Waals surface area (Å²) in [6.07, 6.45) is 1.68. The Morgan fingerprint density at radius 1 is 1.00 bits per heavy atom. The molecule has 0 unspecified atom stereocenters. The molecule has 0 aliphatic carbocycles. The van der Waals surface area contributed by atoms with Crippen molar-refractivity contribution in [2.24, 2.45) is 16.5 Å². The summed E-state index contributed by atoms with van der Waals surface area (Å²) in [5.74, 6) is -0.804. The van der Waals surface area contributed by atoms with Crippen LogP contribution in [0.3, 0.4) is 0 Å². The molecule has 0 aliphatic rings. The van der Waals surface area contributed by atoms with Crippen molar-refractivity contribution < 1.29 is 4.79 Å². The molecule has 4 N–H and O–H groups in total. The van der Waals surface area contributed by atoms with Gasteiger partial charge in [0.1, 0.15) is 0 Å². The molecule has 5 nitrogen and oxygen atoms in total. The van der Waals surface area contributed by atoms with E-state index in [4.69, 9.17) is 34.7 Å². The second-order valence-electron chi connectivity index (χ2n) is 5.06. The number of pyridine rings is 1. The number of nitrogens with two attached hydrogens (primary N) is 2. The van der Waals surface area contributed by atoms with Crippen LogP contribution in [0.2, 0.25) is 10.0 Å². The molecule has 3 aromatic rings. The van der Waals surface area contributed by atoms with Crippen LogP contribution in [0.4, 0.5) is 0 Å². The van der Waals surface area contributed by atoms with Crippen molar-refractivity contribution in [2.75, 3.05) is 0 Å². The van der Waals surface area contributed by atoms with Crippen LogP contribution in [-0.2, 0) is 0 Å². The number of amides is 1. The van der Waals surface area contributed by atoms with Crippen LogP contribution in [0.5, 0.6) is 0 Å². The van der Waals surface area contributed by atoms with E-state index in [1.165, 1.54) is 0 Å². The molecular formula is C17H12Cl2N4O. The zero-order valence-electron chi connectivity index (χ0n) is 12.3. The topological polar surface area (TPSA) is 94.4 Å². The normalized spacial score (nSPS) is 10.6. The smallest absolute Gasteiger partial charge is 0.280 e. The lowest BCUT2D eigenvalue weighted by Crippen LogP contribution is -2.24. The Morgan fingerprint density at radius 2 is 1.79 bits per heavy atom. The van der Waals surface area contributed by atoms with Gasteiger partial charge in [0, 0.05) is 32.8 Å². The van der Waals surface area contributed by atoms with Crippen LogP contribution >= 0.6 is 23.2 Å². The lowest BCUT2D eigenvalue weighted by molar-refractivity contribution is 0.100. The molecule has 0 spiro atoms. The highest BCUT2D eigenvalue weighted by molar-refractivity contribution is 6.36. The number of benzene rings is 2. The van der Waals surface area contributed by atoms with E-state index in [1.807, 2.05) is 12.1 Å².